The summed E-state index contributed by atoms with van der Waals surface area (Å²) in [7, 11) is 1.08. The third-order valence-electron chi connectivity index (χ3n) is 4.07. The van der Waals surface area contributed by atoms with E-state index in [9.17, 15) is 0 Å². The van der Waals surface area contributed by atoms with Crippen molar-refractivity contribution in [1.29, 1.82) is 0 Å². The molecule has 0 aliphatic rings. The van der Waals surface area contributed by atoms with Crippen molar-refractivity contribution in [2.24, 2.45) is 0 Å². The fourth-order valence-electron chi connectivity index (χ4n) is 2.97. The van der Waals surface area contributed by atoms with Gasteiger partial charge in [-0.1, -0.05) is 55.6 Å². The van der Waals surface area contributed by atoms with Crippen LogP contribution in [0, 0.1) is 0 Å². The molecule has 5 aromatic rings. The van der Waals surface area contributed by atoms with Gasteiger partial charge in [-0.15, -0.1) is 69.4 Å². The standard InChI is InChI=1S/C13H9.C9H7.C2H6Si.2ClH.Hf/c1-3-7-12-10(5-1)9-11-6-2-4-8-13(11)12;1-2-5-9-7-3-6-8(9)4-1;1-3-2;;;/h1-9H;1-7H;1-2H3;2*1H;/q2*-1;;;;+4/p-2. The van der Waals surface area contributed by atoms with E-state index in [0.29, 0.717) is 0 Å². The first-order valence-electron chi connectivity index (χ1n) is 8.55. The van der Waals surface area contributed by atoms with Crippen LogP contribution in [0.15, 0.2) is 97.1 Å². The third kappa shape index (κ3) is 6.70. The van der Waals surface area contributed by atoms with Gasteiger partial charge in [-0.05, 0) is 0 Å². The SMILES string of the molecule is C[Si]C.[Cl-].[Cl-].[Hf+4].c1ccc2[cH-]ccc2c1.c1ccc2c(c1)[cH-]c1ccccc12. The Morgan fingerprint density at radius 1 is 0.607 bits per heavy atom. The molecular formula is C24H22Cl2HfSi. The molecule has 0 saturated heterocycles. The van der Waals surface area contributed by atoms with E-state index in [1.165, 1.54) is 32.3 Å². The predicted octanol–water partition coefficient (Wildman–Crippen LogP) is 1.06. The van der Waals surface area contributed by atoms with Gasteiger partial charge in [-0.3, -0.25) is 0 Å². The fourth-order valence-corrected chi connectivity index (χ4v) is 2.97. The van der Waals surface area contributed by atoms with Crippen molar-refractivity contribution in [3.63, 3.8) is 0 Å². The maximum absolute atomic E-state index is 2.24. The Morgan fingerprint density at radius 2 is 1.04 bits per heavy atom. The van der Waals surface area contributed by atoms with Gasteiger partial charge in [0.15, 0.2) is 0 Å². The van der Waals surface area contributed by atoms with Crippen LogP contribution in [0.25, 0.3) is 32.3 Å². The van der Waals surface area contributed by atoms with Gasteiger partial charge in [0.25, 0.3) is 0 Å². The number of rotatable bonds is 0. The van der Waals surface area contributed by atoms with Crippen LogP contribution in [-0.4, -0.2) is 9.52 Å². The summed E-state index contributed by atoms with van der Waals surface area (Å²) in [5.74, 6) is 0. The largest absolute Gasteiger partial charge is 4.00 e. The van der Waals surface area contributed by atoms with E-state index in [4.69, 9.17) is 0 Å². The predicted molar refractivity (Wildman–Crippen MR) is 114 cm³/mol. The minimum atomic E-state index is 0. The summed E-state index contributed by atoms with van der Waals surface area (Å²) in [5, 5.41) is 8.05. The summed E-state index contributed by atoms with van der Waals surface area (Å²) in [4.78, 5) is 0. The van der Waals surface area contributed by atoms with Crippen LogP contribution in [-0.2, 0) is 25.8 Å². The average Bonchev–Trinajstić information content (AvgIpc) is 3.27. The zero-order chi connectivity index (χ0) is 17.5. The maximum Gasteiger partial charge on any atom is 4.00 e. The molecule has 0 aliphatic carbocycles. The van der Waals surface area contributed by atoms with Gasteiger partial charge in [0.1, 0.15) is 0 Å². The smallest absolute Gasteiger partial charge is 1.00 e. The Balaban J connectivity index is 0.000000434. The van der Waals surface area contributed by atoms with E-state index in [1.807, 2.05) is 0 Å². The van der Waals surface area contributed by atoms with Crippen molar-refractivity contribution in [2.45, 2.75) is 13.1 Å². The molecule has 0 bridgehead atoms. The number of benzene rings is 3. The molecule has 0 aliphatic heterocycles. The first-order chi connectivity index (χ1) is 12.3. The quantitative estimate of drug-likeness (QED) is 0.188. The summed E-state index contributed by atoms with van der Waals surface area (Å²) in [6.07, 6.45) is 0. The number of halogens is 2. The maximum atomic E-state index is 2.24. The van der Waals surface area contributed by atoms with Gasteiger partial charge in [0.2, 0.25) is 0 Å². The Morgan fingerprint density at radius 3 is 1.54 bits per heavy atom. The van der Waals surface area contributed by atoms with Gasteiger partial charge >= 0.3 is 25.8 Å². The molecular weight excluding hydrogens is 566 g/mol. The molecule has 0 nitrogen and oxygen atoms in total. The first kappa shape index (κ1) is 26.8. The number of hydrogen-bond donors (Lipinski definition) is 0. The van der Waals surface area contributed by atoms with Crippen molar-refractivity contribution in [1.82, 2.24) is 0 Å². The molecule has 0 spiro atoms. The molecule has 2 radical (unpaired) electrons. The summed E-state index contributed by atoms with van der Waals surface area (Å²) in [5.41, 5.74) is 0. The van der Waals surface area contributed by atoms with Gasteiger partial charge in [0, 0.05) is 9.52 Å². The van der Waals surface area contributed by atoms with Crippen LogP contribution < -0.4 is 24.8 Å². The molecule has 0 unspecified atom stereocenters. The van der Waals surface area contributed by atoms with E-state index >= 15 is 0 Å². The molecule has 28 heavy (non-hydrogen) atoms. The second-order valence-corrected chi connectivity index (χ2v) is 6.97. The van der Waals surface area contributed by atoms with Crippen LogP contribution in [0.1, 0.15) is 0 Å². The molecule has 4 heteroatoms. The van der Waals surface area contributed by atoms with Crippen LogP contribution >= 0.6 is 0 Å². The fraction of sp³-hybridized carbons (Fsp3) is 0.0833. The van der Waals surface area contributed by atoms with Crippen LogP contribution in [0.2, 0.25) is 13.1 Å². The Hall–Kier alpha value is -1.19. The van der Waals surface area contributed by atoms with E-state index in [1.54, 1.807) is 0 Å². The number of fused-ring (bicyclic) bond motifs is 4. The van der Waals surface area contributed by atoms with E-state index in [2.05, 4.69) is 110 Å². The molecule has 0 heterocycles. The van der Waals surface area contributed by atoms with Gasteiger partial charge in [-0.25, -0.2) is 0 Å². The molecule has 0 atom stereocenters. The average molecular weight is 588 g/mol. The Kier molecular flexibility index (Phi) is 13.3. The third-order valence-corrected chi connectivity index (χ3v) is 4.07. The minimum absolute atomic E-state index is 0. The van der Waals surface area contributed by atoms with E-state index in [-0.39, 0.29) is 50.7 Å². The normalized spacial score (nSPS) is 9.07. The molecule has 0 fully saturated rings. The molecule has 0 amide bonds. The molecule has 5 rings (SSSR count). The first-order valence-corrected chi connectivity index (χ1v) is 10.6. The van der Waals surface area contributed by atoms with Crippen LogP contribution in [0.3, 0.4) is 0 Å². The monoisotopic (exact) mass is 588 g/mol. The second kappa shape index (κ2) is 13.9. The Labute approximate surface area is 201 Å². The van der Waals surface area contributed by atoms with E-state index < -0.39 is 0 Å². The van der Waals surface area contributed by atoms with Crippen molar-refractivity contribution >= 4 is 41.8 Å². The van der Waals surface area contributed by atoms with E-state index in [0.717, 1.165) is 9.52 Å². The van der Waals surface area contributed by atoms with Crippen LogP contribution in [0.5, 0.6) is 0 Å². The summed E-state index contributed by atoms with van der Waals surface area (Å²) in [6.45, 7) is 4.31. The van der Waals surface area contributed by atoms with Crippen molar-refractivity contribution in [3.05, 3.63) is 97.1 Å². The molecule has 0 saturated carbocycles. The van der Waals surface area contributed by atoms with Crippen LogP contribution in [0.4, 0.5) is 0 Å². The summed E-state index contributed by atoms with van der Waals surface area (Å²) < 4.78 is 0. The Bertz CT molecular complexity index is 985. The number of hydrogen-bond acceptors (Lipinski definition) is 0. The van der Waals surface area contributed by atoms with Gasteiger partial charge < -0.3 is 24.8 Å². The zero-order valence-corrected chi connectivity index (χ0v) is 22.1. The van der Waals surface area contributed by atoms with Crippen molar-refractivity contribution in [2.75, 3.05) is 0 Å². The molecule has 0 aromatic heterocycles. The summed E-state index contributed by atoms with van der Waals surface area (Å²) in [6, 6.07) is 33.9. The molecule has 5 aromatic carbocycles. The zero-order valence-electron chi connectivity index (χ0n) is 16.0. The molecule has 140 valence electrons. The van der Waals surface area contributed by atoms with Gasteiger partial charge in [0.05, 0.1) is 0 Å². The van der Waals surface area contributed by atoms with Gasteiger partial charge in [-0.2, -0.15) is 17.5 Å². The van der Waals surface area contributed by atoms with Crippen molar-refractivity contribution in [3.8, 4) is 0 Å². The molecule has 0 N–H and O–H groups in total. The topological polar surface area (TPSA) is 0 Å². The summed E-state index contributed by atoms with van der Waals surface area (Å²) >= 11 is 0. The minimum Gasteiger partial charge on any atom is -1.00 e. The van der Waals surface area contributed by atoms with Crippen molar-refractivity contribution < 1.29 is 50.7 Å². The second-order valence-electron chi connectivity index (χ2n) is 5.97.